The normalized spacial score (nSPS) is 17.1. The molecule has 0 saturated carbocycles. The number of carbonyl (C=O) groups excluding carboxylic acids is 2. The smallest absolute Gasteiger partial charge is 0.265 e. The maximum Gasteiger partial charge on any atom is 0.265 e. The molecule has 1 fully saturated rings. The number of rotatable bonds is 6. The van der Waals surface area contributed by atoms with Gasteiger partial charge >= 0.3 is 0 Å². The molecule has 2 heterocycles. The fraction of sp³-hybridized carbons (Fsp3) is 0.192. The van der Waals surface area contributed by atoms with E-state index in [2.05, 4.69) is 5.32 Å². The second kappa shape index (κ2) is 9.80. The van der Waals surface area contributed by atoms with E-state index < -0.39 is 11.2 Å². The van der Waals surface area contributed by atoms with E-state index in [0.717, 1.165) is 16.7 Å². The minimum Gasteiger partial charge on any atom is -0.467 e. The van der Waals surface area contributed by atoms with Gasteiger partial charge in [-0.25, -0.2) is 0 Å². The zero-order valence-corrected chi connectivity index (χ0v) is 19.2. The minimum atomic E-state index is -0.544. The van der Waals surface area contributed by atoms with E-state index in [-0.39, 0.29) is 18.0 Å². The molecule has 3 aromatic rings. The molecule has 1 aliphatic heterocycles. The molecule has 1 saturated heterocycles. The van der Waals surface area contributed by atoms with E-state index in [0.29, 0.717) is 22.9 Å². The summed E-state index contributed by atoms with van der Waals surface area (Å²) in [4.78, 5) is 27.9. The van der Waals surface area contributed by atoms with Gasteiger partial charge in [-0.3, -0.25) is 14.5 Å². The molecule has 33 heavy (non-hydrogen) atoms. The number of aryl methyl sites for hydroxylation is 2. The zero-order chi connectivity index (χ0) is 23.4. The van der Waals surface area contributed by atoms with Crippen LogP contribution in [-0.4, -0.2) is 17.1 Å². The van der Waals surface area contributed by atoms with E-state index >= 15 is 0 Å². The largest absolute Gasteiger partial charge is 0.467 e. The Kier molecular flexibility index (Phi) is 6.66. The molecule has 4 rings (SSSR count). The monoisotopic (exact) mass is 457 g/mol. The van der Waals surface area contributed by atoms with E-state index in [1.165, 1.54) is 22.9 Å². The van der Waals surface area contributed by atoms with Crippen LogP contribution in [0.1, 0.15) is 22.5 Å². The third kappa shape index (κ3) is 4.86. The van der Waals surface area contributed by atoms with Crippen molar-refractivity contribution in [2.75, 3.05) is 4.90 Å². The summed E-state index contributed by atoms with van der Waals surface area (Å²) in [6, 6.07) is 20.9. The van der Waals surface area contributed by atoms with Gasteiger partial charge in [-0.05, 0) is 55.7 Å². The number of furan rings is 1. The molecule has 0 spiro atoms. The van der Waals surface area contributed by atoms with Gasteiger partial charge in [0.25, 0.3) is 5.91 Å². The third-order valence-corrected chi connectivity index (χ3v) is 6.73. The van der Waals surface area contributed by atoms with Crippen molar-refractivity contribution in [1.82, 2.24) is 5.32 Å². The van der Waals surface area contributed by atoms with Crippen LogP contribution in [0.2, 0.25) is 0 Å². The lowest BCUT2D eigenvalue weighted by atomic mass is 10.0. The summed E-state index contributed by atoms with van der Waals surface area (Å²) in [5, 5.41) is 12.5. The fourth-order valence-electron chi connectivity index (χ4n) is 3.62. The summed E-state index contributed by atoms with van der Waals surface area (Å²) >= 11 is 1.26. The summed E-state index contributed by atoms with van der Waals surface area (Å²) in [6.45, 7) is 4.13. The van der Waals surface area contributed by atoms with Crippen LogP contribution in [0.25, 0.3) is 0 Å². The molecule has 7 heteroatoms. The van der Waals surface area contributed by atoms with E-state index in [1.54, 1.807) is 12.1 Å². The van der Waals surface area contributed by atoms with E-state index in [1.807, 2.05) is 68.4 Å². The van der Waals surface area contributed by atoms with Gasteiger partial charge in [-0.15, -0.1) is 0 Å². The standard InChI is InChI=1S/C26H23N3O3S/c1-17-9-11-20(12-10-17)29-25(31)23(14-19-7-4-3-6-18(19)2)33-26(29)22(15-27)24(30)28-16-21-8-5-13-32-21/h3-13,23H,14,16H2,1-2H3,(H,28,30)/b26-22+/t23-/m1/s1. The Morgan fingerprint density at radius 3 is 2.55 bits per heavy atom. The fourth-order valence-corrected chi connectivity index (χ4v) is 4.92. The summed E-state index contributed by atoms with van der Waals surface area (Å²) in [6.07, 6.45) is 2.03. The number of amides is 2. The van der Waals surface area contributed by atoms with Crippen LogP contribution in [0, 0.1) is 25.2 Å². The quantitative estimate of drug-likeness (QED) is 0.431. The van der Waals surface area contributed by atoms with Crippen molar-refractivity contribution in [3.8, 4) is 6.07 Å². The number of nitrogens with zero attached hydrogens (tertiary/aromatic N) is 2. The number of nitrogens with one attached hydrogen (secondary N) is 1. The number of nitriles is 1. The SMILES string of the molecule is Cc1ccc(N2C(=O)[C@@H](Cc3ccccc3C)S/C2=C(\C#N)C(=O)NCc2ccco2)cc1. The van der Waals surface area contributed by atoms with Gasteiger partial charge in [0.2, 0.25) is 5.91 Å². The van der Waals surface area contributed by atoms with Gasteiger partial charge in [0.15, 0.2) is 0 Å². The lowest BCUT2D eigenvalue weighted by molar-refractivity contribution is -0.117. The van der Waals surface area contributed by atoms with Gasteiger partial charge in [-0.2, -0.15) is 5.26 Å². The molecular weight excluding hydrogens is 434 g/mol. The van der Waals surface area contributed by atoms with Crippen LogP contribution in [0.15, 0.2) is 81.9 Å². The number of hydrogen-bond acceptors (Lipinski definition) is 5. The van der Waals surface area contributed by atoms with Crippen LogP contribution in [0.4, 0.5) is 5.69 Å². The highest BCUT2D eigenvalue weighted by atomic mass is 32.2. The maximum atomic E-state index is 13.5. The number of carbonyl (C=O) groups is 2. The van der Waals surface area contributed by atoms with E-state index in [4.69, 9.17) is 4.42 Å². The highest BCUT2D eigenvalue weighted by molar-refractivity contribution is 8.05. The molecule has 6 nitrogen and oxygen atoms in total. The molecule has 2 aromatic carbocycles. The maximum absolute atomic E-state index is 13.5. The molecule has 166 valence electrons. The van der Waals surface area contributed by atoms with Crippen molar-refractivity contribution >= 4 is 29.3 Å². The van der Waals surface area contributed by atoms with Gasteiger partial charge in [-0.1, -0.05) is 53.7 Å². The Morgan fingerprint density at radius 1 is 1.12 bits per heavy atom. The predicted octanol–water partition coefficient (Wildman–Crippen LogP) is 4.64. The number of benzene rings is 2. The first kappa shape index (κ1) is 22.4. The average molecular weight is 458 g/mol. The lowest BCUT2D eigenvalue weighted by Crippen LogP contribution is -2.32. The highest BCUT2D eigenvalue weighted by Crippen LogP contribution is 2.42. The van der Waals surface area contributed by atoms with Crippen molar-refractivity contribution in [3.05, 3.63) is 100.0 Å². The third-order valence-electron chi connectivity index (χ3n) is 5.47. The molecular formula is C26H23N3O3S. The van der Waals surface area contributed by atoms with E-state index in [9.17, 15) is 14.9 Å². The number of thioether (sulfide) groups is 1. The summed E-state index contributed by atoms with van der Waals surface area (Å²) in [7, 11) is 0. The number of hydrogen-bond donors (Lipinski definition) is 1. The molecule has 0 aliphatic carbocycles. The first-order chi connectivity index (χ1) is 16.0. The zero-order valence-electron chi connectivity index (χ0n) is 18.4. The van der Waals surface area contributed by atoms with Gasteiger partial charge in [0, 0.05) is 5.69 Å². The average Bonchev–Trinajstić information content (AvgIpc) is 3.44. The second-order valence-electron chi connectivity index (χ2n) is 7.80. The van der Waals surface area contributed by atoms with Crippen LogP contribution in [0.3, 0.4) is 0 Å². The van der Waals surface area contributed by atoms with Crippen molar-refractivity contribution in [3.63, 3.8) is 0 Å². The molecule has 2 amide bonds. The van der Waals surface area contributed by atoms with Gasteiger partial charge in [0.1, 0.15) is 22.4 Å². The van der Waals surface area contributed by atoms with Crippen LogP contribution < -0.4 is 10.2 Å². The summed E-state index contributed by atoms with van der Waals surface area (Å²) in [5.41, 5.74) is 3.76. The second-order valence-corrected chi connectivity index (χ2v) is 8.99. The van der Waals surface area contributed by atoms with Crippen LogP contribution in [-0.2, 0) is 22.6 Å². The highest BCUT2D eigenvalue weighted by Gasteiger charge is 2.40. The molecule has 0 radical (unpaired) electrons. The first-order valence-electron chi connectivity index (χ1n) is 10.5. The topological polar surface area (TPSA) is 86.3 Å². The summed E-state index contributed by atoms with van der Waals surface area (Å²) in [5.74, 6) is -0.111. The Labute approximate surface area is 196 Å². The Hall–Kier alpha value is -3.76. The first-order valence-corrected chi connectivity index (χ1v) is 11.4. The summed E-state index contributed by atoms with van der Waals surface area (Å²) < 4.78 is 5.25. The number of anilines is 1. The molecule has 1 aromatic heterocycles. The minimum absolute atomic E-state index is 0.0900. The van der Waals surface area contributed by atoms with Gasteiger partial charge < -0.3 is 9.73 Å². The molecule has 1 N–H and O–H groups in total. The van der Waals surface area contributed by atoms with Crippen molar-refractivity contribution in [2.45, 2.75) is 32.1 Å². The van der Waals surface area contributed by atoms with Gasteiger partial charge in [0.05, 0.1) is 18.1 Å². The Balaban J connectivity index is 1.69. The molecule has 0 unspecified atom stereocenters. The Bertz CT molecular complexity index is 1240. The Morgan fingerprint density at radius 2 is 1.88 bits per heavy atom. The van der Waals surface area contributed by atoms with Crippen molar-refractivity contribution in [2.24, 2.45) is 0 Å². The molecule has 1 atom stereocenters. The molecule has 1 aliphatic rings. The predicted molar refractivity (Wildman–Crippen MR) is 128 cm³/mol. The van der Waals surface area contributed by atoms with Crippen molar-refractivity contribution < 1.29 is 14.0 Å². The molecule has 0 bridgehead atoms. The van der Waals surface area contributed by atoms with Crippen LogP contribution >= 0.6 is 11.8 Å². The van der Waals surface area contributed by atoms with Crippen molar-refractivity contribution in [1.29, 1.82) is 5.26 Å². The van der Waals surface area contributed by atoms with Crippen LogP contribution in [0.5, 0.6) is 0 Å². The lowest BCUT2D eigenvalue weighted by Gasteiger charge is -2.19.